The first-order valence-corrected chi connectivity index (χ1v) is 10.2. The van der Waals surface area contributed by atoms with E-state index in [0.717, 1.165) is 41.1 Å². The quantitative estimate of drug-likeness (QED) is 0.564. The molecule has 3 aromatic rings. The second-order valence-electron chi connectivity index (χ2n) is 7.91. The number of aryl methyl sites for hydroxylation is 1. The summed E-state index contributed by atoms with van der Waals surface area (Å²) in [6.45, 7) is 6.05. The zero-order valence-electron chi connectivity index (χ0n) is 17.1. The van der Waals surface area contributed by atoms with Gasteiger partial charge in [0.2, 0.25) is 5.78 Å². The molecule has 0 amide bonds. The summed E-state index contributed by atoms with van der Waals surface area (Å²) in [5.74, 6) is 1.75. The molecule has 0 unspecified atom stereocenters. The Morgan fingerprint density at radius 2 is 1.77 bits per heavy atom. The first-order chi connectivity index (χ1) is 14.6. The molecule has 0 bridgehead atoms. The van der Waals surface area contributed by atoms with Crippen molar-refractivity contribution in [1.29, 1.82) is 0 Å². The van der Waals surface area contributed by atoms with Crippen molar-refractivity contribution >= 4 is 11.9 Å². The van der Waals surface area contributed by atoms with Gasteiger partial charge in [-0.25, -0.2) is 0 Å². The van der Waals surface area contributed by atoms with Crippen LogP contribution < -0.4 is 9.47 Å². The van der Waals surface area contributed by atoms with Crippen molar-refractivity contribution < 1.29 is 14.3 Å². The number of ether oxygens (including phenoxy) is 2. The Kier molecular flexibility index (Phi) is 4.64. The summed E-state index contributed by atoms with van der Waals surface area (Å²) in [6, 6.07) is 20.2. The number of ketones is 1. The number of carbonyl (C=O) groups is 1. The molecule has 150 valence electrons. The van der Waals surface area contributed by atoms with Crippen LogP contribution in [0, 0.1) is 13.8 Å². The van der Waals surface area contributed by atoms with E-state index in [0.29, 0.717) is 23.8 Å². The Bertz CT molecular complexity index is 1160. The predicted octanol–water partition coefficient (Wildman–Crippen LogP) is 5.27. The van der Waals surface area contributed by atoms with Crippen LogP contribution in [0.25, 0.3) is 6.08 Å². The number of benzene rings is 3. The fourth-order valence-corrected chi connectivity index (χ4v) is 4.13. The van der Waals surface area contributed by atoms with E-state index in [-0.39, 0.29) is 5.78 Å². The molecule has 4 heteroatoms. The Labute approximate surface area is 176 Å². The van der Waals surface area contributed by atoms with E-state index in [1.54, 1.807) is 0 Å². The van der Waals surface area contributed by atoms with Crippen LogP contribution in [0.2, 0.25) is 0 Å². The summed E-state index contributed by atoms with van der Waals surface area (Å²) in [4.78, 5) is 15.3. The maximum Gasteiger partial charge on any atom is 0.231 e. The summed E-state index contributed by atoms with van der Waals surface area (Å²) in [6.07, 6.45) is 1.83. The second kappa shape index (κ2) is 7.47. The Hall–Kier alpha value is -3.37. The average molecular weight is 397 g/mol. The number of carbonyl (C=O) groups excluding carboxylic acids is 1. The molecular formula is C26H23NO3. The summed E-state index contributed by atoms with van der Waals surface area (Å²) in [5.41, 5.74) is 5.88. The van der Waals surface area contributed by atoms with E-state index in [2.05, 4.69) is 17.0 Å². The number of fused-ring (bicyclic) bond motifs is 2. The number of Topliss-reactive ketones (excluding diaryl/α,β-unsaturated/α-hetero) is 1. The topological polar surface area (TPSA) is 38.8 Å². The fraction of sp³-hybridized carbons (Fsp3) is 0.192. The van der Waals surface area contributed by atoms with Crippen LogP contribution in [0.5, 0.6) is 11.5 Å². The number of hydrogen-bond acceptors (Lipinski definition) is 4. The van der Waals surface area contributed by atoms with Gasteiger partial charge in [-0.15, -0.1) is 0 Å². The summed E-state index contributed by atoms with van der Waals surface area (Å²) >= 11 is 0. The normalized spacial score (nSPS) is 16.7. The highest BCUT2D eigenvalue weighted by Gasteiger charge is 2.33. The highest BCUT2D eigenvalue weighted by Crippen LogP contribution is 2.43. The van der Waals surface area contributed by atoms with E-state index in [4.69, 9.17) is 9.47 Å². The molecule has 4 nitrogen and oxygen atoms in total. The monoisotopic (exact) mass is 397 g/mol. The molecule has 3 aromatic carbocycles. The molecule has 0 spiro atoms. The van der Waals surface area contributed by atoms with Crippen molar-refractivity contribution in [3.63, 3.8) is 0 Å². The van der Waals surface area contributed by atoms with E-state index in [1.807, 2.05) is 68.5 Å². The minimum absolute atomic E-state index is 0.0701. The molecule has 0 saturated carbocycles. The zero-order chi connectivity index (χ0) is 20.7. The van der Waals surface area contributed by atoms with Crippen molar-refractivity contribution in [1.82, 2.24) is 4.90 Å². The SMILES string of the molecule is Cc1ccccc1/C=C1\Oc2c(cc3c(c2C)OCN(Cc2ccccc2)C3)C1=O. The number of rotatable bonds is 3. The van der Waals surface area contributed by atoms with Gasteiger partial charge >= 0.3 is 0 Å². The van der Waals surface area contributed by atoms with Crippen LogP contribution in [0.4, 0.5) is 0 Å². The van der Waals surface area contributed by atoms with Gasteiger partial charge in [-0.05, 0) is 42.7 Å². The predicted molar refractivity (Wildman–Crippen MR) is 116 cm³/mol. The van der Waals surface area contributed by atoms with Crippen LogP contribution in [-0.2, 0) is 13.1 Å². The standard InChI is InChI=1S/C26H23NO3/c1-17-8-6-7-11-20(17)13-23-24(28)22-12-21-15-27(14-19-9-4-3-5-10-19)16-29-25(21)18(2)26(22)30-23/h3-13H,14-16H2,1-2H3/b23-13-. The highest BCUT2D eigenvalue weighted by atomic mass is 16.5. The molecule has 0 atom stereocenters. The number of hydrogen-bond donors (Lipinski definition) is 0. The molecule has 0 radical (unpaired) electrons. The van der Waals surface area contributed by atoms with Crippen molar-refractivity contribution in [2.45, 2.75) is 26.9 Å². The van der Waals surface area contributed by atoms with E-state index in [9.17, 15) is 4.79 Å². The molecule has 0 fully saturated rings. The summed E-state index contributed by atoms with van der Waals surface area (Å²) in [7, 11) is 0. The molecular weight excluding hydrogens is 374 g/mol. The maximum absolute atomic E-state index is 13.1. The van der Waals surface area contributed by atoms with Gasteiger partial charge in [-0.3, -0.25) is 9.69 Å². The minimum atomic E-state index is -0.0701. The van der Waals surface area contributed by atoms with Crippen molar-refractivity contribution in [2.24, 2.45) is 0 Å². The van der Waals surface area contributed by atoms with E-state index >= 15 is 0 Å². The van der Waals surface area contributed by atoms with E-state index in [1.165, 1.54) is 5.56 Å². The molecule has 2 aliphatic heterocycles. The van der Waals surface area contributed by atoms with E-state index < -0.39 is 0 Å². The lowest BCUT2D eigenvalue weighted by molar-refractivity contribution is 0.0876. The summed E-state index contributed by atoms with van der Waals surface area (Å²) < 4.78 is 12.1. The molecule has 2 aliphatic rings. The second-order valence-corrected chi connectivity index (χ2v) is 7.91. The molecule has 30 heavy (non-hydrogen) atoms. The zero-order valence-corrected chi connectivity index (χ0v) is 17.1. The van der Waals surface area contributed by atoms with Gasteiger partial charge < -0.3 is 9.47 Å². The first kappa shape index (κ1) is 18.6. The van der Waals surface area contributed by atoms with Crippen molar-refractivity contribution in [3.8, 4) is 11.5 Å². The molecule has 0 saturated heterocycles. The van der Waals surface area contributed by atoms with Gasteiger partial charge in [0.1, 0.15) is 18.2 Å². The van der Waals surface area contributed by atoms with Gasteiger partial charge in [0, 0.05) is 24.2 Å². The van der Waals surface area contributed by atoms with Crippen LogP contribution in [0.1, 0.15) is 38.2 Å². The number of nitrogens with zero attached hydrogens (tertiary/aromatic N) is 1. The first-order valence-electron chi connectivity index (χ1n) is 10.2. The minimum Gasteiger partial charge on any atom is -0.477 e. The average Bonchev–Trinajstić information content (AvgIpc) is 3.06. The van der Waals surface area contributed by atoms with Gasteiger partial charge in [-0.2, -0.15) is 0 Å². The Morgan fingerprint density at radius 1 is 1.00 bits per heavy atom. The summed E-state index contributed by atoms with van der Waals surface area (Å²) in [5, 5.41) is 0. The van der Waals surface area contributed by atoms with Crippen LogP contribution >= 0.6 is 0 Å². The maximum atomic E-state index is 13.1. The van der Waals surface area contributed by atoms with Crippen LogP contribution in [0.15, 0.2) is 66.4 Å². The third-order valence-corrected chi connectivity index (χ3v) is 5.73. The Morgan fingerprint density at radius 3 is 2.57 bits per heavy atom. The van der Waals surface area contributed by atoms with Crippen molar-refractivity contribution in [3.05, 3.63) is 99.8 Å². The molecule has 0 aromatic heterocycles. The number of allylic oxidation sites excluding steroid dienone is 1. The molecule has 0 aliphatic carbocycles. The molecule has 5 rings (SSSR count). The van der Waals surface area contributed by atoms with Crippen LogP contribution in [0.3, 0.4) is 0 Å². The largest absolute Gasteiger partial charge is 0.477 e. The lowest BCUT2D eigenvalue weighted by Gasteiger charge is -2.30. The lowest BCUT2D eigenvalue weighted by Crippen LogP contribution is -2.32. The van der Waals surface area contributed by atoms with Gasteiger partial charge in [-0.1, -0.05) is 54.6 Å². The lowest BCUT2D eigenvalue weighted by atomic mass is 9.99. The van der Waals surface area contributed by atoms with Gasteiger partial charge in [0.15, 0.2) is 5.76 Å². The third kappa shape index (κ3) is 3.29. The van der Waals surface area contributed by atoms with Gasteiger partial charge in [0.05, 0.1) is 5.56 Å². The van der Waals surface area contributed by atoms with Crippen LogP contribution in [-0.4, -0.2) is 17.4 Å². The van der Waals surface area contributed by atoms with Gasteiger partial charge in [0.25, 0.3) is 0 Å². The smallest absolute Gasteiger partial charge is 0.231 e. The highest BCUT2D eigenvalue weighted by molar-refractivity contribution is 6.15. The Balaban J connectivity index is 1.44. The third-order valence-electron chi connectivity index (χ3n) is 5.73. The molecule has 0 N–H and O–H groups in total. The van der Waals surface area contributed by atoms with Crippen molar-refractivity contribution in [2.75, 3.05) is 6.73 Å². The molecule has 2 heterocycles. The fourth-order valence-electron chi connectivity index (χ4n) is 4.13.